The van der Waals surface area contributed by atoms with Gasteiger partial charge in [0.15, 0.2) is 6.29 Å². The molecule has 1 heterocycles. The second-order valence-corrected chi connectivity index (χ2v) is 3.46. The molecule has 1 aliphatic rings. The smallest absolute Gasteiger partial charge is 0.217 e. The molecular weight excluding hydrogens is 202 g/mol. The summed E-state index contributed by atoms with van der Waals surface area (Å²) >= 11 is 0. The minimum Gasteiger partial charge on any atom is -0.394 e. The third kappa shape index (κ3) is 3.13. The molecule has 88 valence electrons. The van der Waals surface area contributed by atoms with E-state index in [1.807, 2.05) is 0 Å². The molecule has 0 aromatic carbocycles. The Hall–Kier alpha value is -0.690. The lowest BCUT2D eigenvalue weighted by Crippen LogP contribution is -2.57. The van der Waals surface area contributed by atoms with Crippen LogP contribution >= 0.6 is 0 Å². The predicted octanol–water partition coefficient (Wildman–Crippen LogP) is -1.39. The number of amides is 1. The largest absolute Gasteiger partial charge is 0.394 e. The highest BCUT2D eigenvalue weighted by Gasteiger charge is 2.38. The van der Waals surface area contributed by atoms with Crippen molar-refractivity contribution in [2.24, 2.45) is 0 Å². The van der Waals surface area contributed by atoms with Gasteiger partial charge < -0.3 is 25.0 Å². The molecule has 1 aliphatic heterocycles. The number of nitrogens with one attached hydrogen (secondary N) is 1. The number of ether oxygens (including phenoxy) is 2. The van der Waals surface area contributed by atoms with E-state index in [0.29, 0.717) is 0 Å². The normalized spacial score (nSPS) is 39.3. The van der Waals surface area contributed by atoms with Crippen LogP contribution in [0.5, 0.6) is 0 Å². The average molecular weight is 221 g/mol. The van der Waals surface area contributed by atoms with Gasteiger partial charge in [-0.05, 0) is 0 Å². The van der Waals surface area contributed by atoms with Gasteiger partial charge in [-0.1, -0.05) is 0 Å². The first-order valence-electron chi connectivity index (χ1n) is 5.27. The van der Waals surface area contributed by atoms with E-state index < -0.39 is 31.1 Å². The average Bonchev–Trinajstić information content (AvgIpc) is 2.19. The molecule has 6 heteroatoms. The van der Waals surface area contributed by atoms with E-state index in [1.54, 1.807) is 0 Å². The maximum Gasteiger partial charge on any atom is 0.217 e. The van der Waals surface area contributed by atoms with Crippen LogP contribution in [-0.4, -0.2) is 54.4 Å². The molecule has 1 saturated heterocycles. The van der Waals surface area contributed by atoms with Crippen molar-refractivity contribution in [3.05, 3.63) is 0 Å². The van der Waals surface area contributed by atoms with E-state index >= 15 is 0 Å². The molecular formula is C9H17NO5. The van der Waals surface area contributed by atoms with Crippen molar-refractivity contribution in [1.82, 2.24) is 5.32 Å². The Labute approximate surface area is 89.6 Å². The monoisotopic (exact) mass is 221 g/mol. The zero-order valence-corrected chi connectivity index (χ0v) is 8.71. The van der Waals surface area contributed by atoms with Crippen LogP contribution in [-0.2, 0) is 14.3 Å². The number of methoxy groups -OCH3 is 1. The number of carbonyl (C=O) groups is 1. The first-order chi connectivity index (χ1) is 7.45. The summed E-state index contributed by atoms with van der Waals surface area (Å²) in [5, 5.41) is 21.3. The number of hydrogen-bond acceptors (Lipinski definition) is 5. The third-order valence-corrected chi connectivity index (χ3v) is 2.26. The standard InChI is InChI=1S/C9H17NO5/c1-5(12)10-8-7(13)3-6(4-11)15-9(8)14-2/h6-9,11,13H,3-4H2,1-2H3,(H,10,12)/t6-,7-,8+,9+/m0/s1/i4T/t4?,6-,7-,8+,9+. The Bertz CT molecular complexity index is 250. The van der Waals surface area contributed by atoms with E-state index in [2.05, 4.69) is 5.32 Å². The van der Waals surface area contributed by atoms with E-state index in [0.717, 1.165) is 0 Å². The maximum absolute atomic E-state index is 10.9. The van der Waals surface area contributed by atoms with E-state index in [4.69, 9.17) is 16.0 Å². The Morgan fingerprint density at radius 2 is 2.47 bits per heavy atom. The van der Waals surface area contributed by atoms with Gasteiger partial charge in [-0.3, -0.25) is 4.79 Å². The van der Waals surface area contributed by atoms with Crippen LogP contribution in [0, 0.1) is 0 Å². The van der Waals surface area contributed by atoms with Gasteiger partial charge in [-0.15, -0.1) is 0 Å². The van der Waals surface area contributed by atoms with Gasteiger partial charge >= 0.3 is 0 Å². The fourth-order valence-electron chi connectivity index (χ4n) is 1.58. The molecule has 15 heavy (non-hydrogen) atoms. The maximum atomic E-state index is 10.9. The van der Waals surface area contributed by atoms with Crippen LogP contribution in [0.3, 0.4) is 0 Å². The van der Waals surface area contributed by atoms with Crippen molar-refractivity contribution >= 4 is 5.91 Å². The molecule has 0 bridgehead atoms. The zero-order valence-electron chi connectivity index (χ0n) is 9.71. The van der Waals surface area contributed by atoms with Gasteiger partial charge in [0.25, 0.3) is 0 Å². The quantitative estimate of drug-likeness (QED) is 0.546. The lowest BCUT2D eigenvalue weighted by Gasteiger charge is -2.38. The molecule has 0 aromatic heterocycles. The van der Waals surface area contributed by atoms with E-state index in [1.165, 1.54) is 14.0 Å². The molecule has 0 aliphatic carbocycles. The van der Waals surface area contributed by atoms with Gasteiger partial charge in [0.05, 0.1) is 20.2 Å². The van der Waals surface area contributed by atoms with Gasteiger partial charge in [0.2, 0.25) is 5.91 Å². The van der Waals surface area contributed by atoms with Crippen molar-refractivity contribution in [3.8, 4) is 0 Å². The van der Waals surface area contributed by atoms with Crippen LogP contribution < -0.4 is 5.32 Å². The van der Waals surface area contributed by atoms with Crippen molar-refractivity contribution < 1.29 is 25.9 Å². The predicted molar refractivity (Wildman–Crippen MR) is 51.0 cm³/mol. The summed E-state index contributed by atoms with van der Waals surface area (Å²) in [6, 6.07) is -0.683. The number of aliphatic hydroxyl groups is 2. The summed E-state index contributed by atoms with van der Waals surface area (Å²) < 4.78 is 17.3. The summed E-state index contributed by atoms with van der Waals surface area (Å²) in [7, 11) is 1.37. The number of carbonyl (C=O) groups excluding carboxylic acids is 1. The van der Waals surface area contributed by atoms with Gasteiger partial charge in [0.1, 0.15) is 6.04 Å². The number of hydrogen-bond donors (Lipinski definition) is 3. The Balaban J connectivity index is 2.68. The molecule has 5 atom stereocenters. The first-order valence-corrected chi connectivity index (χ1v) is 4.69. The van der Waals surface area contributed by atoms with Crippen LogP contribution in [0.2, 0.25) is 0 Å². The molecule has 6 nitrogen and oxygen atoms in total. The molecule has 1 amide bonds. The summed E-state index contributed by atoms with van der Waals surface area (Å²) in [6.07, 6.45) is -2.51. The van der Waals surface area contributed by atoms with Crippen molar-refractivity contribution in [2.45, 2.75) is 37.9 Å². The van der Waals surface area contributed by atoms with Crippen molar-refractivity contribution in [1.29, 1.82) is 0 Å². The first kappa shape index (κ1) is 10.8. The number of aliphatic hydroxyl groups excluding tert-OH is 2. The SMILES string of the molecule is [3H]C(O)[C@@H]1C[C@H](O)[C@@H](NC(C)=O)[C@H](OC)O1. The number of rotatable bonds is 3. The van der Waals surface area contributed by atoms with Gasteiger partial charge in [0, 0.05) is 20.5 Å². The minimum absolute atomic E-state index is 0.0788. The Kier molecular flexibility index (Phi) is 3.90. The summed E-state index contributed by atoms with van der Waals surface area (Å²) in [4.78, 5) is 10.9. The molecule has 0 saturated carbocycles. The molecule has 1 fully saturated rings. The van der Waals surface area contributed by atoms with Gasteiger partial charge in [-0.2, -0.15) is 0 Å². The third-order valence-electron chi connectivity index (χ3n) is 2.26. The molecule has 1 unspecified atom stereocenters. The zero-order chi connectivity index (χ0) is 12.3. The molecule has 1 rings (SSSR count). The summed E-state index contributed by atoms with van der Waals surface area (Å²) in [6.45, 7) is -0.115. The fourth-order valence-corrected chi connectivity index (χ4v) is 1.58. The molecule has 0 aromatic rings. The van der Waals surface area contributed by atoms with Gasteiger partial charge in [-0.25, -0.2) is 0 Å². The van der Waals surface area contributed by atoms with Crippen LogP contribution in [0.1, 0.15) is 14.7 Å². The highest BCUT2D eigenvalue weighted by Crippen LogP contribution is 2.20. The Morgan fingerprint density at radius 1 is 1.80 bits per heavy atom. The summed E-state index contributed by atoms with van der Waals surface area (Å²) in [5.74, 6) is -0.306. The Morgan fingerprint density at radius 3 is 2.93 bits per heavy atom. The van der Waals surface area contributed by atoms with Crippen LogP contribution in [0.4, 0.5) is 0 Å². The van der Waals surface area contributed by atoms with Crippen molar-refractivity contribution in [3.63, 3.8) is 0 Å². The van der Waals surface area contributed by atoms with Crippen molar-refractivity contribution in [2.75, 3.05) is 13.7 Å². The lowest BCUT2D eigenvalue weighted by atomic mass is 10.0. The second kappa shape index (κ2) is 5.41. The molecule has 0 spiro atoms. The second-order valence-electron chi connectivity index (χ2n) is 3.46. The van der Waals surface area contributed by atoms with E-state index in [-0.39, 0.29) is 12.3 Å². The van der Waals surface area contributed by atoms with Crippen LogP contribution in [0.25, 0.3) is 0 Å². The molecule has 3 N–H and O–H groups in total. The lowest BCUT2D eigenvalue weighted by molar-refractivity contribution is -0.226. The van der Waals surface area contributed by atoms with Crippen LogP contribution in [0.15, 0.2) is 0 Å². The summed E-state index contributed by atoms with van der Waals surface area (Å²) in [5.41, 5.74) is 0. The molecule has 0 radical (unpaired) electrons. The minimum atomic E-state index is -1.44. The highest BCUT2D eigenvalue weighted by molar-refractivity contribution is 5.73. The highest BCUT2D eigenvalue weighted by atomic mass is 16.7. The topological polar surface area (TPSA) is 88.0 Å². The fraction of sp³-hybridized carbons (Fsp3) is 0.889. The van der Waals surface area contributed by atoms with E-state index in [9.17, 15) is 9.90 Å².